The predicted molar refractivity (Wildman–Crippen MR) is 94.3 cm³/mol. The van der Waals surface area contributed by atoms with Crippen LogP contribution in [0.1, 0.15) is 16.7 Å². The average Bonchev–Trinajstić information content (AvgIpc) is 2.96. The van der Waals surface area contributed by atoms with Crippen LogP contribution in [0.15, 0.2) is 35.2 Å². The Morgan fingerprint density at radius 3 is 2.84 bits per heavy atom. The van der Waals surface area contributed by atoms with Gasteiger partial charge in [-0.2, -0.15) is 0 Å². The van der Waals surface area contributed by atoms with Gasteiger partial charge in [-0.1, -0.05) is 11.6 Å². The third kappa shape index (κ3) is 3.20. The largest absolute Gasteiger partial charge is 0.467 e. The summed E-state index contributed by atoms with van der Waals surface area (Å²) < 4.78 is 34.0. The van der Waals surface area contributed by atoms with Crippen molar-refractivity contribution >= 4 is 27.3 Å². The molecule has 2 aromatic rings. The van der Waals surface area contributed by atoms with E-state index in [9.17, 15) is 8.42 Å². The molecule has 0 aromatic heterocycles. The summed E-state index contributed by atoms with van der Waals surface area (Å²) in [5.41, 5.74) is 3.92. The van der Waals surface area contributed by atoms with Crippen molar-refractivity contribution in [3.05, 3.63) is 52.0 Å². The molecule has 2 aliphatic heterocycles. The Morgan fingerprint density at radius 1 is 1.20 bits per heavy atom. The SMILES string of the molecule is NS(=O)(=O)c1ccc2c(c1)CCN2Cc1cc(Cl)cc2c1OCOC2. The first-order valence-corrected chi connectivity index (χ1v) is 9.77. The Kier molecular flexibility index (Phi) is 4.11. The molecule has 0 bridgehead atoms. The number of halogens is 1. The van der Waals surface area contributed by atoms with Crippen molar-refractivity contribution in [1.82, 2.24) is 0 Å². The van der Waals surface area contributed by atoms with Crippen LogP contribution in [0.4, 0.5) is 5.69 Å². The van der Waals surface area contributed by atoms with Gasteiger partial charge in [0.2, 0.25) is 10.0 Å². The highest BCUT2D eigenvalue weighted by Gasteiger charge is 2.24. The van der Waals surface area contributed by atoms with Crippen molar-refractivity contribution < 1.29 is 17.9 Å². The molecule has 2 aromatic carbocycles. The highest BCUT2D eigenvalue weighted by Crippen LogP contribution is 2.36. The van der Waals surface area contributed by atoms with Crippen LogP contribution in [0.5, 0.6) is 5.75 Å². The van der Waals surface area contributed by atoms with Crippen molar-refractivity contribution in [3.63, 3.8) is 0 Å². The number of nitrogens with zero attached hydrogens (tertiary/aromatic N) is 1. The summed E-state index contributed by atoms with van der Waals surface area (Å²) in [6, 6.07) is 8.77. The fourth-order valence-corrected chi connectivity index (χ4v) is 4.20. The van der Waals surface area contributed by atoms with E-state index in [1.807, 2.05) is 18.2 Å². The summed E-state index contributed by atoms with van der Waals surface area (Å²) in [5, 5.41) is 5.86. The van der Waals surface area contributed by atoms with Gasteiger partial charge in [0.15, 0.2) is 6.79 Å². The fourth-order valence-electron chi connectivity index (χ4n) is 3.37. The van der Waals surface area contributed by atoms with Gasteiger partial charge in [0.05, 0.1) is 11.5 Å². The quantitative estimate of drug-likeness (QED) is 0.884. The van der Waals surface area contributed by atoms with Crippen LogP contribution in [0.25, 0.3) is 0 Å². The molecule has 0 unspecified atom stereocenters. The van der Waals surface area contributed by atoms with Crippen LogP contribution in [-0.4, -0.2) is 21.8 Å². The van der Waals surface area contributed by atoms with E-state index in [0.717, 1.165) is 41.1 Å². The molecule has 0 fully saturated rings. The second-order valence-electron chi connectivity index (χ2n) is 6.17. The maximum Gasteiger partial charge on any atom is 0.238 e. The van der Waals surface area contributed by atoms with Crippen molar-refractivity contribution in [2.24, 2.45) is 5.14 Å². The topological polar surface area (TPSA) is 81.9 Å². The summed E-state index contributed by atoms with van der Waals surface area (Å²) in [7, 11) is -3.69. The van der Waals surface area contributed by atoms with Crippen LogP contribution in [0.2, 0.25) is 5.02 Å². The molecule has 0 spiro atoms. The number of sulfonamides is 1. The number of hydrogen-bond acceptors (Lipinski definition) is 5. The number of hydrogen-bond donors (Lipinski definition) is 1. The van der Waals surface area contributed by atoms with E-state index < -0.39 is 10.0 Å². The molecule has 2 aliphatic rings. The Balaban J connectivity index is 1.66. The molecule has 0 amide bonds. The lowest BCUT2D eigenvalue weighted by Gasteiger charge is -2.25. The van der Waals surface area contributed by atoms with Crippen LogP contribution >= 0.6 is 11.6 Å². The van der Waals surface area contributed by atoms with Gasteiger partial charge in [-0.3, -0.25) is 0 Å². The number of ether oxygens (including phenoxy) is 2. The third-order valence-electron chi connectivity index (χ3n) is 4.48. The highest BCUT2D eigenvalue weighted by atomic mass is 35.5. The molecule has 8 heteroatoms. The summed E-state index contributed by atoms with van der Waals surface area (Å²) >= 11 is 6.23. The van der Waals surface area contributed by atoms with E-state index in [1.54, 1.807) is 12.1 Å². The first kappa shape index (κ1) is 16.7. The van der Waals surface area contributed by atoms with Gasteiger partial charge in [0.1, 0.15) is 5.75 Å². The van der Waals surface area contributed by atoms with Gasteiger partial charge < -0.3 is 14.4 Å². The number of primary sulfonamides is 1. The van der Waals surface area contributed by atoms with Crippen molar-refractivity contribution in [3.8, 4) is 5.75 Å². The van der Waals surface area contributed by atoms with Gasteiger partial charge in [-0.15, -0.1) is 0 Å². The number of nitrogens with two attached hydrogens (primary N) is 1. The molecule has 0 aliphatic carbocycles. The number of fused-ring (bicyclic) bond motifs is 2. The maximum absolute atomic E-state index is 11.5. The Labute approximate surface area is 151 Å². The summed E-state index contributed by atoms with van der Waals surface area (Å²) in [4.78, 5) is 2.33. The molecular formula is C17H17ClN2O4S. The lowest BCUT2D eigenvalue weighted by Crippen LogP contribution is -2.22. The monoisotopic (exact) mass is 380 g/mol. The Hall–Kier alpha value is -1.80. The molecule has 0 saturated carbocycles. The first-order chi connectivity index (χ1) is 11.9. The molecule has 2 N–H and O–H groups in total. The minimum Gasteiger partial charge on any atom is -0.467 e. The highest BCUT2D eigenvalue weighted by molar-refractivity contribution is 7.89. The lowest BCUT2D eigenvalue weighted by atomic mass is 10.1. The molecule has 0 radical (unpaired) electrons. The molecule has 2 heterocycles. The average molecular weight is 381 g/mol. The minimum absolute atomic E-state index is 0.147. The fraction of sp³-hybridized carbons (Fsp3) is 0.294. The first-order valence-electron chi connectivity index (χ1n) is 7.84. The summed E-state index contributed by atoms with van der Waals surface area (Å²) in [6.07, 6.45) is 0.769. The number of benzene rings is 2. The molecule has 132 valence electrons. The third-order valence-corrected chi connectivity index (χ3v) is 5.61. The number of rotatable bonds is 3. The maximum atomic E-state index is 11.5. The van der Waals surface area contributed by atoms with Crippen LogP contribution in [-0.2, 0) is 34.3 Å². The van der Waals surface area contributed by atoms with E-state index in [0.29, 0.717) is 18.2 Å². The van der Waals surface area contributed by atoms with Gasteiger partial charge >= 0.3 is 0 Å². The van der Waals surface area contributed by atoms with Crippen LogP contribution in [0.3, 0.4) is 0 Å². The second kappa shape index (κ2) is 6.17. The zero-order chi connectivity index (χ0) is 17.6. The molecule has 25 heavy (non-hydrogen) atoms. The molecule has 0 atom stereocenters. The normalized spacial score (nSPS) is 16.3. The smallest absolute Gasteiger partial charge is 0.238 e. The molecule has 0 saturated heterocycles. The lowest BCUT2D eigenvalue weighted by molar-refractivity contribution is -0.0170. The van der Waals surface area contributed by atoms with Crippen LogP contribution in [0, 0.1) is 0 Å². The Morgan fingerprint density at radius 2 is 2.04 bits per heavy atom. The summed E-state index contributed by atoms with van der Waals surface area (Å²) in [6.45, 7) is 2.14. The van der Waals surface area contributed by atoms with E-state index in [-0.39, 0.29) is 11.7 Å². The van der Waals surface area contributed by atoms with Gasteiger partial charge in [-0.05, 0) is 42.3 Å². The second-order valence-corrected chi connectivity index (χ2v) is 8.17. The predicted octanol–water partition coefficient (Wildman–Crippen LogP) is 2.42. The van der Waals surface area contributed by atoms with Gasteiger partial charge in [0, 0.05) is 34.9 Å². The van der Waals surface area contributed by atoms with E-state index in [2.05, 4.69) is 4.90 Å². The number of anilines is 1. The van der Waals surface area contributed by atoms with Crippen LogP contribution < -0.4 is 14.8 Å². The van der Waals surface area contributed by atoms with Crippen molar-refractivity contribution in [1.29, 1.82) is 0 Å². The molecule has 6 nitrogen and oxygen atoms in total. The van der Waals surface area contributed by atoms with Gasteiger partial charge in [0.25, 0.3) is 0 Å². The standard InChI is InChI=1S/C17H17ClN2O4S/c18-14-5-12(17-13(6-14)9-23-10-24-17)8-20-4-3-11-7-15(25(19,21)22)1-2-16(11)20/h1-2,5-7H,3-4,8-10H2,(H2,19,21,22). The van der Waals surface area contributed by atoms with E-state index >= 15 is 0 Å². The summed E-state index contributed by atoms with van der Waals surface area (Å²) in [5.74, 6) is 0.824. The van der Waals surface area contributed by atoms with Gasteiger partial charge in [-0.25, -0.2) is 13.6 Å². The zero-order valence-electron chi connectivity index (χ0n) is 13.4. The molecular weight excluding hydrogens is 364 g/mol. The molecule has 4 rings (SSSR count). The minimum atomic E-state index is -3.69. The van der Waals surface area contributed by atoms with Crippen molar-refractivity contribution in [2.75, 3.05) is 18.2 Å². The van der Waals surface area contributed by atoms with Crippen molar-refractivity contribution in [2.45, 2.75) is 24.5 Å². The zero-order valence-corrected chi connectivity index (χ0v) is 14.9. The Bertz CT molecular complexity index is 946. The van der Waals surface area contributed by atoms with E-state index in [1.165, 1.54) is 0 Å². The van der Waals surface area contributed by atoms with E-state index in [4.69, 9.17) is 26.2 Å².